The van der Waals surface area contributed by atoms with Crippen molar-refractivity contribution < 1.29 is 19.4 Å². The third kappa shape index (κ3) is 4.04. The number of aliphatic carboxylic acids is 1. The van der Waals surface area contributed by atoms with Crippen LogP contribution < -0.4 is 10.1 Å². The first-order chi connectivity index (χ1) is 12.4. The summed E-state index contributed by atoms with van der Waals surface area (Å²) in [6.45, 7) is 3.65. The van der Waals surface area contributed by atoms with E-state index in [0.717, 1.165) is 5.56 Å². The van der Waals surface area contributed by atoms with Gasteiger partial charge in [0.2, 0.25) is 5.91 Å². The van der Waals surface area contributed by atoms with Crippen molar-refractivity contribution in [3.05, 3.63) is 65.7 Å². The van der Waals surface area contributed by atoms with E-state index in [1.807, 2.05) is 49.4 Å². The first-order valence-corrected chi connectivity index (χ1v) is 8.65. The van der Waals surface area contributed by atoms with Crippen LogP contribution in [0.1, 0.15) is 37.3 Å². The molecule has 138 valence electrons. The molecule has 0 radical (unpaired) electrons. The molecule has 0 saturated carbocycles. The Bertz CT molecular complexity index is 760. The maximum atomic E-state index is 12.6. The van der Waals surface area contributed by atoms with Crippen LogP contribution >= 0.6 is 0 Å². The van der Waals surface area contributed by atoms with Crippen molar-refractivity contribution in [2.75, 3.05) is 13.7 Å². The zero-order valence-corrected chi connectivity index (χ0v) is 15.4. The second-order valence-corrected chi connectivity index (χ2v) is 6.32. The highest BCUT2D eigenvalue weighted by Crippen LogP contribution is 2.28. The zero-order valence-electron chi connectivity index (χ0n) is 15.4. The lowest BCUT2D eigenvalue weighted by molar-refractivity contribution is -0.144. The SMILES string of the molecule is CCC(CNC(=O)C(C)c1cccc(OC)c1)(C(=O)O)c1ccccc1. The van der Waals surface area contributed by atoms with Gasteiger partial charge in [0.05, 0.1) is 13.0 Å². The third-order valence-corrected chi connectivity index (χ3v) is 4.89. The topological polar surface area (TPSA) is 75.6 Å². The Kier molecular flexibility index (Phi) is 6.39. The van der Waals surface area contributed by atoms with E-state index < -0.39 is 17.3 Å². The van der Waals surface area contributed by atoms with E-state index in [2.05, 4.69) is 5.32 Å². The predicted molar refractivity (Wildman–Crippen MR) is 100 cm³/mol. The first-order valence-electron chi connectivity index (χ1n) is 8.65. The minimum atomic E-state index is -1.15. The van der Waals surface area contributed by atoms with E-state index in [1.54, 1.807) is 26.2 Å². The van der Waals surface area contributed by atoms with E-state index >= 15 is 0 Å². The van der Waals surface area contributed by atoms with Crippen molar-refractivity contribution >= 4 is 11.9 Å². The van der Waals surface area contributed by atoms with Crippen LogP contribution in [-0.4, -0.2) is 30.6 Å². The van der Waals surface area contributed by atoms with E-state index in [0.29, 0.717) is 17.7 Å². The Morgan fingerprint density at radius 2 is 1.85 bits per heavy atom. The molecule has 0 spiro atoms. The molecule has 0 saturated heterocycles. The number of carbonyl (C=O) groups excluding carboxylic acids is 1. The van der Waals surface area contributed by atoms with E-state index in [9.17, 15) is 14.7 Å². The summed E-state index contributed by atoms with van der Waals surface area (Å²) < 4.78 is 5.20. The van der Waals surface area contributed by atoms with Crippen LogP contribution in [0.4, 0.5) is 0 Å². The first kappa shape index (κ1) is 19.5. The molecule has 2 aromatic carbocycles. The van der Waals surface area contributed by atoms with Crippen molar-refractivity contribution in [3.8, 4) is 5.75 Å². The van der Waals surface area contributed by atoms with Crippen LogP contribution in [0.25, 0.3) is 0 Å². The molecule has 0 aliphatic heterocycles. The van der Waals surface area contributed by atoms with Crippen LogP contribution in [-0.2, 0) is 15.0 Å². The van der Waals surface area contributed by atoms with E-state index in [1.165, 1.54) is 0 Å². The van der Waals surface area contributed by atoms with Gasteiger partial charge in [-0.2, -0.15) is 0 Å². The Balaban J connectivity index is 2.17. The summed E-state index contributed by atoms with van der Waals surface area (Å²) in [5, 5.41) is 12.7. The quantitative estimate of drug-likeness (QED) is 0.761. The third-order valence-electron chi connectivity index (χ3n) is 4.89. The van der Waals surface area contributed by atoms with Crippen molar-refractivity contribution in [1.82, 2.24) is 5.32 Å². The van der Waals surface area contributed by atoms with Gasteiger partial charge in [0.25, 0.3) is 0 Å². The molecule has 0 fully saturated rings. The molecule has 0 aliphatic carbocycles. The van der Waals surface area contributed by atoms with Gasteiger partial charge in [0, 0.05) is 6.54 Å². The smallest absolute Gasteiger partial charge is 0.315 e. The van der Waals surface area contributed by atoms with E-state index in [4.69, 9.17) is 4.74 Å². The Hall–Kier alpha value is -2.82. The summed E-state index contributed by atoms with van der Waals surface area (Å²) in [4.78, 5) is 24.6. The predicted octanol–water partition coefficient (Wildman–Crippen LogP) is 3.35. The van der Waals surface area contributed by atoms with Gasteiger partial charge in [-0.3, -0.25) is 9.59 Å². The lowest BCUT2D eigenvalue weighted by atomic mass is 9.78. The van der Waals surface area contributed by atoms with E-state index in [-0.39, 0.29) is 12.5 Å². The van der Waals surface area contributed by atoms with Gasteiger partial charge in [-0.05, 0) is 36.6 Å². The lowest BCUT2D eigenvalue weighted by Gasteiger charge is -2.29. The number of carboxylic acid groups (broad SMARTS) is 1. The Labute approximate surface area is 154 Å². The average molecular weight is 355 g/mol. The van der Waals surface area contributed by atoms with Crippen molar-refractivity contribution in [2.24, 2.45) is 0 Å². The number of hydrogen-bond donors (Lipinski definition) is 2. The number of nitrogens with one attached hydrogen (secondary N) is 1. The number of rotatable bonds is 8. The van der Waals surface area contributed by atoms with Gasteiger partial charge < -0.3 is 15.2 Å². The molecule has 5 nitrogen and oxygen atoms in total. The highest BCUT2D eigenvalue weighted by molar-refractivity contribution is 5.86. The normalized spacial score (nSPS) is 14.1. The van der Waals surface area contributed by atoms with Crippen LogP contribution in [0.15, 0.2) is 54.6 Å². The molecular formula is C21H25NO4. The zero-order chi connectivity index (χ0) is 19.2. The molecule has 2 aromatic rings. The number of carboxylic acids is 1. The highest BCUT2D eigenvalue weighted by Gasteiger charge is 2.39. The molecule has 26 heavy (non-hydrogen) atoms. The molecule has 0 aromatic heterocycles. The van der Waals surface area contributed by atoms with Gasteiger partial charge in [0.1, 0.15) is 11.2 Å². The molecule has 2 unspecified atom stereocenters. The summed E-state index contributed by atoms with van der Waals surface area (Å²) in [5.41, 5.74) is 0.355. The Morgan fingerprint density at radius 1 is 1.15 bits per heavy atom. The molecule has 1 amide bonds. The van der Waals surface area contributed by atoms with Crippen molar-refractivity contribution in [1.29, 1.82) is 0 Å². The van der Waals surface area contributed by atoms with Gasteiger partial charge in [-0.15, -0.1) is 0 Å². The summed E-state index contributed by atoms with van der Waals surface area (Å²) in [6, 6.07) is 16.3. The Morgan fingerprint density at radius 3 is 2.42 bits per heavy atom. The second-order valence-electron chi connectivity index (χ2n) is 6.32. The second kappa shape index (κ2) is 8.52. The van der Waals surface area contributed by atoms with Crippen LogP contribution in [0, 0.1) is 0 Å². The molecule has 2 atom stereocenters. The monoisotopic (exact) mass is 355 g/mol. The minimum absolute atomic E-state index is 0.0377. The lowest BCUT2D eigenvalue weighted by Crippen LogP contribution is -2.47. The van der Waals surface area contributed by atoms with Crippen molar-refractivity contribution in [3.63, 3.8) is 0 Å². The fraction of sp³-hybridized carbons (Fsp3) is 0.333. The maximum Gasteiger partial charge on any atom is 0.315 e. The summed E-state index contributed by atoms with van der Waals surface area (Å²) in [5.74, 6) is -0.891. The van der Waals surface area contributed by atoms with Gasteiger partial charge in [0.15, 0.2) is 0 Å². The number of benzene rings is 2. The highest BCUT2D eigenvalue weighted by atomic mass is 16.5. The average Bonchev–Trinajstić information content (AvgIpc) is 2.68. The van der Waals surface area contributed by atoms with Gasteiger partial charge >= 0.3 is 5.97 Å². The largest absolute Gasteiger partial charge is 0.497 e. The number of ether oxygens (including phenoxy) is 1. The number of amides is 1. The number of carbonyl (C=O) groups is 2. The molecule has 0 aliphatic rings. The fourth-order valence-electron chi connectivity index (χ4n) is 2.99. The van der Waals surface area contributed by atoms with Crippen LogP contribution in [0.2, 0.25) is 0 Å². The molecular weight excluding hydrogens is 330 g/mol. The standard InChI is InChI=1S/C21H25NO4/c1-4-21(20(24)25,17-10-6-5-7-11-17)14-22-19(23)15(2)16-9-8-12-18(13-16)26-3/h5-13,15H,4,14H2,1-3H3,(H,22,23)(H,24,25). The minimum Gasteiger partial charge on any atom is -0.497 e. The summed E-state index contributed by atoms with van der Waals surface area (Å²) in [7, 11) is 1.58. The molecule has 5 heteroatoms. The maximum absolute atomic E-state index is 12.6. The fourth-order valence-corrected chi connectivity index (χ4v) is 2.99. The number of methoxy groups -OCH3 is 1. The molecule has 2 N–H and O–H groups in total. The van der Waals surface area contributed by atoms with Crippen LogP contribution in [0.5, 0.6) is 5.75 Å². The van der Waals surface area contributed by atoms with Gasteiger partial charge in [-0.25, -0.2) is 0 Å². The number of hydrogen-bond acceptors (Lipinski definition) is 3. The van der Waals surface area contributed by atoms with Gasteiger partial charge in [-0.1, -0.05) is 49.4 Å². The summed E-state index contributed by atoms with van der Waals surface area (Å²) in [6.07, 6.45) is 0.375. The summed E-state index contributed by atoms with van der Waals surface area (Å²) >= 11 is 0. The molecule has 2 rings (SSSR count). The molecule has 0 heterocycles. The van der Waals surface area contributed by atoms with Crippen molar-refractivity contribution in [2.45, 2.75) is 31.6 Å². The molecule has 0 bridgehead atoms. The van der Waals surface area contributed by atoms with Crippen LogP contribution in [0.3, 0.4) is 0 Å².